The van der Waals surface area contributed by atoms with Crippen molar-refractivity contribution in [3.8, 4) is 11.5 Å². The lowest BCUT2D eigenvalue weighted by molar-refractivity contribution is 0.0474. The van der Waals surface area contributed by atoms with Crippen LogP contribution in [0, 0.1) is 0 Å². The van der Waals surface area contributed by atoms with E-state index in [0.29, 0.717) is 10.0 Å². The molecule has 6 nitrogen and oxygen atoms in total. The third kappa shape index (κ3) is 3.36. The van der Waals surface area contributed by atoms with Gasteiger partial charge in [-0.2, -0.15) is 0 Å². The Morgan fingerprint density at radius 1 is 1.24 bits per heavy atom. The minimum absolute atomic E-state index is 0.117. The van der Waals surface area contributed by atoms with E-state index in [1.807, 2.05) is 24.3 Å². The molecule has 1 heterocycles. The Hall–Kier alpha value is -2.80. The van der Waals surface area contributed by atoms with E-state index in [2.05, 4.69) is 20.9 Å². The second-order valence-corrected chi connectivity index (χ2v) is 6.11. The van der Waals surface area contributed by atoms with Crippen LogP contribution < -0.4 is 4.74 Å². The van der Waals surface area contributed by atoms with E-state index in [1.165, 1.54) is 19.2 Å². The Morgan fingerprint density at radius 3 is 2.76 bits per heavy atom. The standard InChI is InChI=1S/C18H14BrNO5/c1-24-16-7-10(6-13(19)17(16)22)18(23)25-9-15(21)12-8-20-14-5-3-2-4-11(12)14/h2-8,20,22H,9H2,1H3. The van der Waals surface area contributed by atoms with Crippen LogP contribution in [0.1, 0.15) is 20.7 Å². The molecule has 2 N–H and O–H groups in total. The van der Waals surface area contributed by atoms with E-state index in [1.54, 1.807) is 6.20 Å². The number of hydrogen-bond donors (Lipinski definition) is 2. The molecule has 0 radical (unpaired) electrons. The van der Waals surface area contributed by atoms with E-state index >= 15 is 0 Å². The van der Waals surface area contributed by atoms with Crippen LogP contribution >= 0.6 is 15.9 Å². The second kappa shape index (κ2) is 6.98. The fourth-order valence-electron chi connectivity index (χ4n) is 2.44. The zero-order valence-electron chi connectivity index (χ0n) is 13.2. The smallest absolute Gasteiger partial charge is 0.338 e. The van der Waals surface area contributed by atoms with Crippen molar-refractivity contribution >= 4 is 38.6 Å². The average Bonchev–Trinajstić information content (AvgIpc) is 3.05. The molecule has 0 unspecified atom stereocenters. The Morgan fingerprint density at radius 2 is 2.00 bits per heavy atom. The van der Waals surface area contributed by atoms with E-state index in [-0.39, 0.29) is 29.5 Å². The molecule has 0 aliphatic heterocycles. The van der Waals surface area contributed by atoms with Gasteiger partial charge in [-0.3, -0.25) is 4.79 Å². The van der Waals surface area contributed by atoms with Gasteiger partial charge in [-0.05, 0) is 34.1 Å². The second-order valence-electron chi connectivity index (χ2n) is 5.26. The number of ketones is 1. The number of halogens is 1. The van der Waals surface area contributed by atoms with Crippen LogP contribution in [-0.4, -0.2) is 35.6 Å². The number of fused-ring (bicyclic) bond motifs is 1. The Bertz CT molecular complexity index is 963. The number of hydrogen-bond acceptors (Lipinski definition) is 5. The van der Waals surface area contributed by atoms with Gasteiger partial charge in [-0.15, -0.1) is 0 Å². The number of Topliss-reactive ketones (excluding diaryl/α,β-unsaturated/α-hetero) is 1. The Labute approximate surface area is 151 Å². The van der Waals surface area contributed by atoms with Gasteiger partial charge < -0.3 is 19.6 Å². The highest BCUT2D eigenvalue weighted by Crippen LogP contribution is 2.35. The van der Waals surface area contributed by atoms with Gasteiger partial charge >= 0.3 is 5.97 Å². The minimum Gasteiger partial charge on any atom is -0.503 e. The number of carbonyl (C=O) groups is 2. The quantitative estimate of drug-likeness (QED) is 0.500. The van der Waals surface area contributed by atoms with Crippen molar-refractivity contribution in [3.05, 3.63) is 58.2 Å². The van der Waals surface area contributed by atoms with Gasteiger partial charge in [0.1, 0.15) is 0 Å². The molecule has 1 aromatic heterocycles. The molecule has 0 saturated carbocycles. The SMILES string of the molecule is COc1cc(C(=O)OCC(=O)c2c[nH]c3ccccc23)cc(Br)c1O. The van der Waals surface area contributed by atoms with Crippen molar-refractivity contribution in [3.63, 3.8) is 0 Å². The molecule has 7 heteroatoms. The molecule has 2 aromatic carbocycles. The Kier molecular flexibility index (Phi) is 4.76. The van der Waals surface area contributed by atoms with Crippen molar-refractivity contribution in [2.45, 2.75) is 0 Å². The molecular formula is C18H14BrNO5. The third-order valence-electron chi connectivity index (χ3n) is 3.71. The predicted molar refractivity (Wildman–Crippen MR) is 95.3 cm³/mol. The molecule has 128 valence electrons. The zero-order valence-corrected chi connectivity index (χ0v) is 14.8. The lowest BCUT2D eigenvalue weighted by Gasteiger charge is -2.09. The van der Waals surface area contributed by atoms with Crippen LogP contribution in [0.25, 0.3) is 10.9 Å². The fourth-order valence-corrected chi connectivity index (χ4v) is 2.88. The Balaban J connectivity index is 1.74. The molecular weight excluding hydrogens is 390 g/mol. The summed E-state index contributed by atoms with van der Waals surface area (Å²) in [6.45, 7) is -0.387. The largest absolute Gasteiger partial charge is 0.503 e. The molecule has 0 spiro atoms. The molecule has 0 atom stereocenters. The summed E-state index contributed by atoms with van der Waals surface area (Å²) in [5.41, 5.74) is 1.46. The maximum atomic E-state index is 12.3. The lowest BCUT2D eigenvalue weighted by atomic mass is 10.1. The van der Waals surface area contributed by atoms with Crippen molar-refractivity contribution in [2.24, 2.45) is 0 Å². The first-order chi connectivity index (χ1) is 12.0. The van der Waals surface area contributed by atoms with Gasteiger partial charge in [-0.25, -0.2) is 4.79 Å². The van der Waals surface area contributed by atoms with E-state index in [9.17, 15) is 14.7 Å². The number of para-hydroxylation sites is 1. The van der Waals surface area contributed by atoms with Gasteiger partial charge in [-0.1, -0.05) is 18.2 Å². The normalized spacial score (nSPS) is 10.6. The number of carbonyl (C=O) groups excluding carboxylic acids is 2. The third-order valence-corrected chi connectivity index (χ3v) is 4.31. The number of aromatic amines is 1. The molecule has 0 amide bonds. The van der Waals surface area contributed by atoms with Crippen molar-refractivity contribution in [1.29, 1.82) is 0 Å². The molecule has 3 aromatic rings. The first kappa shape index (κ1) is 17.0. The molecule has 0 saturated heterocycles. The number of phenols is 1. The van der Waals surface area contributed by atoms with Gasteiger partial charge in [0.2, 0.25) is 5.78 Å². The molecule has 0 fully saturated rings. The summed E-state index contributed by atoms with van der Waals surface area (Å²) in [6.07, 6.45) is 1.60. The highest BCUT2D eigenvalue weighted by Gasteiger charge is 2.18. The van der Waals surface area contributed by atoms with E-state index in [4.69, 9.17) is 9.47 Å². The molecule has 0 aliphatic carbocycles. The summed E-state index contributed by atoms with van der Waals surface area (Å²) in [6, 6.07) is 10.1. The summed E-state index contributed by atoms with van der Waals surface area (Å²) in [7, 11) is 1.37. The number of phenolic OH excluding ortho intramolecular Hbond substituents is 1. The summed E-state index contributed by atoms with van der Waals surface area (Å²) in [5, 5.41) is 10.5. The fraction of sp³-hybridized carbons (Fsp3) is 0.111. The number of methoxy groups -OCH3 is 1. The lowest BCUT2D eigenvalue weighted by Crippen LogP contribution is -2.14. The summed E-state index contributed by atoms with van der Waals surface area (Å²) in [5.74, 6) is -0.985. The monoisotopic (exact) mass is 403 g/mol. The van der Waals surface area contributed by atoms with Gasteiger partial charge in [0.05, 0.1) is 17.1 Å². The minimum atomic E-state index is -0.688. The van der Waals surface area contributed by atoms with Crippen LogP contribution in [0.4, 0.5) is 0 Å². The predicted octanol–water partition coefficient (Wildman–Crippen LogP) is 3.68. The van der Waals surface area contributed by atoms with Crippen molar-refractivity contribution in [2.75, 3.05) is 13.7 Å². The molecule has 3 rings (SSSR count). The molecule has 25 heavy (non-hydrogen) atoms. The number of ether oxygens (including phenoxy) is 2. The zero-order chi connectivity index (χ0) is 18.0. The molecule has 0 aliphatic rings. The van der Waals surface area contributed by atoms with Gasteiger partial charge in [0.25, 0.3) is 0 Å². The maximum Gasteiger partial charge on any atom is 0.338 e. The van der Waals surface area contributed by atoms with Crippen molar-refractivity contribution < 1.29 is 24.2 Å². The molecule has 0 bridgehead atoms. The number of aromatic hydroxyl groups is 1. The number of aromatic nitrogens is 1. The number of H-pyrrole nitrogens is 1. The highest BCUT2D eigenvalue weighted by molar-refractivity contribution is 9.10. The number of nitrogens with one attached hydrogen (secondary N) is 1. The maximum absolute atomic E-state index is 12.3. The van der Waals surface area contributed by atoms with Crippen LogP contribution in [0.15, 0.2) is 47.1 Å². The first-order valence-corrected chi connectivity index (χ1v) is 8.13. The first-order valence-electron chi connectivity index (χ1n) is 7.34. The van der Waals surface area contributed by atoms with E-state index in [0.717, 1.165) is 10.9 Å². The number of esters is 1. The van der Waals surface area contributed by atoms with Gasteiger partial charge in [0.15, 0.2) is 18.1 Å². The van der Waals surface area contributed by atoms with Crippen LogP contribution in [0.3, 0.4) is 0 Å². The van der Waals surface area contributed by atoms with Crippen molar-refractivity contribution in [1.82, 2.24) is 4.98 Å². The van der Waals surface area contributed by atoms with Gasteiger partial charge in [0, 0.05) is 22.7 Å². The van der Waals surface area contributed by atoms with E-state index < -0.39 is 5.97 Å². The summed E-state index contributed by atoms with van der Waals surface area (Å²) in [4.78, 5) is 27.5. The highest BCUT2D eigenvalue weighted by atomic mass is 79.9. The van der Waals surface area contributed by atoms with Crippen LogP contribution in [0.5, 0.6) is 11.5 Å². The number of benzene rings is 2. The average molecular weight is 404 g/mol. The number of rotatable bonds is 5. The van der Waals surface area contributed by atoms with Crippen LogP contribution in [0.2, 0.25) is 0 Å². The topological polar surface area (TPSA) is 88.6 Å². The van der Waals surface area contributed by atoms with Crippen LogP contribution in [-0.2, 0) is 4.74 Å². The summed E-state index contributed by atoms with van der Waals surface area (Å²) < 4.78 is 10.4. The summed E-state index contributed by atoms with van der Waals surface area (Å²) >= 11 is 3.14.